The Hall–Kier alpha value is -1.47. The summed E-state index contributed by atoms with van der Waals surface area (Å²) in [6.07, 6.45) is 0.216. The lowest BCUT2D eigenvalue weighted by molar-refractivity contribution is -0.143. The van der Waals surface area contributed by atoms with Gasteiger partial charge in [-0.25, -0.2) is 0 Å². The quantitative estimate of drug-likeness (QED) is 0.596. The number of nitrogens with one attached hydrogen (secondary N) is 1. The minimum absolute atomic E-state index is 0.216. The molecular weight excluding hydrogens is 238 g/mol. The highest BCUT2D eigenvalue weighted by atomic mass is 16.4. The van der Waals surface area contributed by atoms with Gasteiger partial charge in [-0.1, -0.05) is 0 Å². The first-order chi connectivity index (χ1) is 8.49. The highest BCUT2D eigenvalue weighted by Gasteiger charge is 2.37. The van der Waals surface area contributed by atoms with Crippen LogP contribution in [0.3, 0.4) is 0 Å². The highest BCUT2D eigenvalue weighted by Crippen LogP contribution is 2.15. The minimum Gasteiger partial charge on any atom is -0.480 e. The largest absolute Gasteiger partial charge is 0.480 e. The topological polar surface area (TPSA) is 89.9 Å². The maximum Gasteiger partial charge on any atom is 0.320 e. The number of rotatable bonds is 3. The van der Waals surface area contributed by atoms with Crippen LogP contribution in [0, 0.1) is 0 Å². The van der Waals surface area contributed by atoms with E-state index in [1.165, 1.54) is 0 Å². The second-order valence-corrected chi connectivity index (χ2v) is 4.72. The molecule has 7 nitrogen and oxygen atoms in total. The zero-order valence-corrected chi connectivity index (χ0v) is 10.3. The van der Waals surface area contributed by atoms with Gasteiger partial charge in [0.25, 0.3) is 0 Å². The van der Waals surface area contributed by atoms with E-state index in [1.54, 1.807) is 6.92 Å². The van der Waals surface area contributed by atoms with Crippen molar-refractivity contribution in [2.45, 2.75) is 25.4 Å². The summed E-state index contributed by atoms with van der Waals surface area (Å²) in [5.41, 5.74) is 0. The Morgan fingerprint density at radius 2 is 1.94 bits per heavy atom. The van der Waals surface area contributed by atoms with Crippen molar-refractivity contribution in [1.82, 2.24) is 15.1 Å². The molecule has 0 spiro atoms. The molecule has 7 heteroatoms. The summed E-state index contributed by atoms with van der Waals surface area (Å²) in [5.74, 6) is -1.30. The maximum atomic E-state index is 11.5. The Labute approximate surface area is 105 Å². The van der Waals surface area contributed by atoms with Gasteiger partial charge in [0.15, 0.2) is 0 Å². The van der Waals surface area contributed by atoms with Crippen LogP contribution in [0.5, 0.6) is 0 Å². The van der Waals surface area contributed by atoms with Crippen molar-refractivity contribution in [2.75, 3.05) is 26.2 Å². The van der Waals surface area contributed by atoms with Gasteiger partial charge in [-0.2, -0.15) is 0 Å². The van der Waals surface area contributed by atoms with Crippen LogP contribution in [0.4, 0.5) is 0 Å². The van der Waals surface area contributed by atoms with Crippen molar-refractivity contribution < 1.29 is 19.5 Å². The van der Waals surface area contributed by atoms with Gasteiger partial charge in [-0.3, -0.25) is 29.5 Å². The number of amides is 2. The van der Waals surface area contributed by atoms with Gasteiger partial charge in [0.05, 0.1) is 12.5 Å². The van der Waals surface area contributed by atoms with Gasteiger partial charge in [-0.15, -0.1) is 0 Å². The van der Waals surface area contributed by atoms with Crippen LogP contribution in [-0.4, -0.2) is 71.0 Å². The maximum absolute atomic E-state index is 11.5. The second-order valence-electron chi connectivity index (χ2n) is 4.72. The van der Waals surface area contributed by atoms with Gasteiger partial charge >= 0.3 is 5.97 Å². The van der Waals surface area contributed by atoms with Crippen LogP contribution < -0.4 is 5.32 Å². The van der Waals surface area contributed by atoms with E-state index < -0.39 is 12.0 Å². The molecule has 100 valence electrons. The van der Waals surface area contributed by atoms with Gasteiger partial charge in [-0.05, 0) is 6.92 Å². The normalized spacial score (nSPS) is 28.2. The first-order valence-corrected chi connectivity index (χ1v) is 6.03. The summed E-state index contributed by atoms with van der Waals surface area (Å²) in [6, 6.07) is -0.883. The van der Waals surface area contributed by atoms with Gasteiger partial charge < -0.3 is 5.11 Å². The highest BCUT2D eigenvalue weighted by molar-refractivity contribution is 6.05. The number of hydrogen-bond donors (Lipinski definition) is 2. The molecule has 0 aliphatic carbocycles. The summed E-state index contributed by atoms with van der Waals surface area (Å²) in [7, 11) is 0. The number of nitrogens with zero attached hydrogens (tertiary/aromatic N) is 2. The first kappa shape index (κ1) is 13.0. The van der Waals surface area contributed by atoms with Crippen molar-refractivity contribution in [2.24, 2.45) is 0 Å². The molecule has 0 bridgehead atoms. The lowest BCUT2D eigenvalue weighted by Gasteiger charge is -2.38. The van der Waals surface area contributed by atoms with Crippen molar-refractivity contribution in [3.8, 4) is 0 Å². The van der Waals surface area contributed by atoms with E-state index in [4.69, 9.17) is 5.11 Å². The van der Waals surface area contributed by atoms with Gasteiger partial charge in [0, 0.05) is 26.2 Å². The van der Waals surface area contributed by atoms with E-state index >= 15 is 0 Å². The Balaban J connectivity index is 1.89. The summed E-state index contributed by atoms with van der Waals surface area (Å²) in [4.78, 5) is 37.3. The number of carboxylic acids is 1. The molecule has 2 amide bonds. The smallest absolute Gasteiger partial charge is 0.320 e. The number of hydrogen-bond acceptors (Lipinski definition) is 5. The third kappa shape index (κ3) is 2.51. The van der Waals surface area contributed by atoms with Gasteiger partial charge in [0.2, 0.25) is 11.8 Å². The average Bonchev–Trinajstić information content (AvgIpc) is 2.67. The molecule has 2 rings (SSSR count). The lowest BCUT2D eigenvalue weighted by atomic mass is 10.1. The summed E-state index contributed by atoms with van der Waals surface area (Å²) in [5, 5.41) is 11.2. The van der Waals surface area contributed by atoms with Crippen LogP contribution in [0.1, 0.15) is 13.3 Å². The van der Waals surface area contributed by atoms with E-state index in [9.17, 15) is 14.4 Å². The molecule has 0 aromatic rings. The molecular formula is C11H17N3O4. The third-order valence-electron chi connectivity index (χ3n) is 3.64. The predicted octanol–water partition coefficient (Wildman–Crippen LogP) is -1.51. The van der Waals surface area contributed by atoms with E-state index in [0.717, 1.165) is 0 Å². The van der Waals surface area contributed by atoms with Crippen molar-refractivity contribution >= 4 is 17.8 Å². The van der Waals surface area contributed by atoms with Crippen LogP contribution in [0.2, 0.25) is 0 Å². The number of aliphatic carboxylic acids is 1. The Morgan fingerprint density at radius 3 is 2.39 bits per heavy atom. The number of piperazine rings is 1. The van der Waals surface area contributed by atoms with Crippen molar-refractivity contribution in [1.29, 1.82) is 0 Å². The number of carboxylic acid groups (broad SMARTS) is 1. The summed E-state index contributed by atoms with van der Waals surface area (Å²) in [6.45, 7) is 4.09. The third-order valence-corrected chi connectivity index (χ3v) is 3.64. The standard InChI is InChI=1S/C11H17N3O4/c1-7(11(17)18)13-2-4-14(5-3-13)8-6-9(15)12-10(8)16/h7-8H,2-6H2,1H3,(H,17,18)(H,12,15,16). The number of imide groups is 1. The van der Waals surface area contributed by atoms with Crippen LogP contribution in [0.25, 0.3) is 0 Å². The first-order valence-electron chi connectivity index (χ1n) is 6.03. The molecule has 0 aromatic carbocycles. The zero-order valence-electron chi connectivity index (χ0n) is 10.3. The SMILES string of the molecule is CC(C(=O)O)N1CCN(C2CC(=O)NC2=O)CC1. The summed E-state index contributed by atoms with van der Waals surface area (Å²) < 4.78 is 0. The van der Waals surface area contributed by atoms with Gasteiger partial charge in [0.1, 0.15) is 6.04 Å². The molecule has 2 unspecified atom stereocenters. The van der Waals surface area contributed by atoms with Crippen molar-refractivity contribution in [3.05, 3.63) is 0 Å². The number of carbonyl (C=O) groups excluding carboxylic acids is 2. The van der Waals surface area contributed by atoms with E-state index in [-0.39, 0.29) is 24.3 Å². The Bertz CT molecular complexity index is 376. The molecule has 0 radical (unpaired) electrons. The monoisotopic (exact) mass is 255 g/mol. The zero-order chi connectivity index (χ0) is 13.3. The molecule has 2 atom stereocenters. The molecule has 2 fully saturated rings. The molecule has 0 aromatic heterocycles. The van der Waals surface area contributed by atoms with E-state index in [2.05, 4.69) is 5.32 Å². The minimum atomic E-state index is -0.836. The fourth-order valence-electron chi connectivity index (χ4n) is 2.43. The molecule has 0 saturated carbocycles. The second kappa shape index (κ2) is 5.03. The Kier molecular flexibility index (Phi) is 3.63. The number of carbonyl (C=O) groups is 3. The fourth-order valence-corrected chi connectivity index (χ4v) is 2.43. The van der Waals surface area contributed by atoms with Crippen LogP contribution in [0.15, 0.2) is 0 Å². The van der Waals surface area contributed by atoms with Crippen LogP contribution >= 0.6 is 0 Å². The molecule has 2 N–H and O–H groups in total. The molecule has 2 heterocycles. The lowest BCUT2D eigenvalue weighted by Crippen LogP contribution is -2.55. The fraction of sp³-hybridized carbons (Fsp3) is 0.727. The van der Waals surface area contributed by atoms with Crippen LogP contribution in [-0.2, 0) is 14.4 Å². The molecule has 18 heavy (non-hydrogen) atoms. The van der Waals surface area contributed by atoms with E-state index in [1.807, 2.05) is 9.80 Å². The Morgan fingerprint density at radius 1 is 1.33 bits per heavy atom. The molecule has 2 saturated heterocycles. The summed E-state index contributed by atoms with van der Waals surface area (Å²) >= 11 is 0. The van der Waals surface area contributed by atoms with E-state index in [0.29, 0.717) is 26.2 Å². The average molecular weight is 255 g/mol. The predicted molar refractivity (Wildman–Crippen MR) is 61.8 cm³/mol. The van der Waals surface area contributed by atoms with Crippen molar-refractivity contribution in [3.63, 3.8) is 0 Å². The molecule has 2 aliphatic heterocycles. The molecule has 2 aliphatic rings.